The third-order valence-corrected chi connectivity index (χ3v) is 7.95. The van der Waals surface area contributed by atoms with Crippen molar-refractivity contribution in [3.63, 3.8) is 0 Å². The number of hydrogen-bond acceptors (Lipinski definition) is 7. The Balaban J connectivity index is 0.00000384. The first kappa shape index (κ1) is 30.9. The third-order valence-electron chi connectivity index (χ3n) is 7.07. The van der Waals surface area contributed by atoms with Gasteiger partial charge in [-0.05, 0) is 55.3 Å². The number of hydrogen-bond donors (Lipinski definition) is 3. The highest BCUT2D eigenvalue weighted by molar-refractivity contribution is 7.22. The van der Waals surface area contributed by atoms with Gasteiger partial charge in [-0.2, -0.15) is 5.10 Å². The summed E-state index contributed by atoms with van der Waals surface area (Å²) in [5, 5.41) is 13.6. The Bertz CT molecular complexity index is 1830. The first-order valence-corrected chi connectivity index (χ1v) is 14.7. The van der Waals surface area contributed by atoms with E-state index >= 15 is 0 Å². The molecule has 1 aliphatic carbocycles. The largest absolute Gasteiger partial charge is 0.329 e. The molecule has 1 saturated carbocycles. The summed E-state index contributed by atoms with van der Waals surface area (Å²) in [5.41, 5.74) is 2.62. The zero-order valence-electron chi connectivity index (χ0n) is 24.6. The predicted octanol–water partition coefficient (Wildman–Crippen LogP) is 7.50. The number of amides is 3. The summed E-state index contributed by atoms with van der Waals surface area (Å²) >= 11 is 1.30. The molecule has 0 atom stereocenters. The van der Waals surface area contributed by atoms with Crippen molar-refractivity contribution in [2.24, 2.45) is 5.92 Å². The first-order valence-electron chi connectivity index (χ1n) is 13.9. The zero-order valence-corrected chi connectivity index (χ0v) is 26.2. The Kier molecular flexibility index (Phi) is 8.57. The van der Waals surface area contributed by atoms with Crippen molar-refractivity contribution in [3.05, 3.63) is 78.2 Å². The average Bonchev–Trinajstić information content (AvgIpc) is 3.62. The van der Waals surface area contributed by atoms with Gasteiger partial charge in [0.25, 0.3) is 0 Å². The molecule has 2 aromatic carbocycles. The number of benzene rings is 2. The fourth-order valence-corrected chi connectivity index (χ4v) is 5.26. The maximum atomic E-state index is 14.9. The van der Waals surface area contributed by atoms with Gasteiger partial charge in [-0.3, -0.25) is 10.1 Å². The van der Waals surface area contributed by atoms with Crippen LogP contribution in [0.2, 0.25) is 0 Å². The van der Waals surface area contributed by atoms with E-state index < -0.39 is 11.8 Å². The molecule has 0 aliphatic heterocycles. The number of aromatic nitrogens is 4. The molecule has 44 heavy (non-hydrogen) atoms. The SMILES string of the molecule is CN(c1ccc(F)c(NC(=O)Nc2cc(C(C)(C)C)nn2-c2ccccc2)c1)c1ccc2nc(NC(=O)C3CC3)sc2n1.Cl. The molecule has 0 bridgehead atoms. The Morgan fingerprint density at radius 1 is 0.977 bits per heavy atom. The van der Waals surface area contributed by atoms with Gasteiger partial charge in [0.2, 0.25) is 5.91 Å². The van der Waals surface area contributed by atoms with E-state index in [0.29, 0.717) is 32.8 Å². The number of rotatable bonds is 7. The van der Waals surface area contributed by atoms with Crippen LogP contribution in [0.1, 0.15) is 39.3 Å². The lowest BCUT2D eigenvalue weighted by atomic mass is 9.92. The summed E-state index contributed by atoms with van der Waals surface area (Å²) in [7, 11) is 1.80. The lowest BCUT2D eigenvalue weighted by molar-refractivity contribution is -0.117. The van der Waals surface area contributed by atoms with Gasteiger partial charge in [-0.1, -0.05) is 50.3 Å². The van der Waals surface area contributed by atoms with E-state index in [4.69, 9.17) is 10.1 Å². The molecule has 5 aromatic rings. The first-order chi connectivity index (χ1) is 20.5. The second-order valence-corrected chi connectivity index (χ2v) is 12.5. The molecule has 6 rings (SSSR count). The highest BCUT2D eigenvalue weighted by atomic mass is 35.5. The lowest BCUT2D eigenvalue weighted by Gasteiger charge is -2.19. The number of carbonyl (C=O) groups excluding carboxylic acids is 2. The van der Waals surface area contributed by atoms with Crippen molar-refractivity contribution in [3.8, 4) is 5.69 Å². The summed E-state index contributed by atoms with van der Waals surface area (Å²) in [6.07, 6.45) is 1.83. The molecule has 1 aliphatic rings. The van der Waals surface area contributed by atoms with E-state index in [1.54, 1.807) is 34.8 Å². The van der Waals surface area contributed by atoms with Gasteiger partial charge < -0.3 is 15.5 Å². The van der Waals surface area contributed by atoms with Crippen molar-refractivity contribution in [2.75, 3.05) is 27.9 Å². The van der Waals surface area contributed by atoms with E-state index in [0.717, 1.165) is 24.2 Å². The standard InChI is InChI=1S/C31H31FN8O2S.ClH/c1-31(2,3)24-17-26(40(38-24)19-8-6-5-7-9-19)36-29(42)33-23-16-20(12-13-21(23)32)39(4)25-15-14-22-28(35-25)43-30(34-22)37-27(41)18-10-11-18;/h5-9,12-18H,10-11H2,1-4H3,(H2,33,36,42)(H,34,37,41);1H. The van der Waals surface area contributed by atoms with Crippen LogP contribution in [0.25, 0.3) is 16.0 Å². The molecule has 3 heterocycles. The fraction of sp³-hybridized carbons (Fsp3) is 0.258. The van der Waals surface area contributed by atoms with Gasteiger partial charge in [0.15, 0.2) is 5.13 Å². The number of pyridine rings is 1. The number of thiazole rings is 1. The third kappa shape index (κ3) is 6.66. The van der Waals surface area contributed by atoms with Crippen LogP contribution in [0.4, 0.5) is 37.3 Å². The molecule has 3 aromatic heterocycles. The van der Waals surface area contributed by atoms with Crippen LogP contribution in [0, 0.1) is 11.7 Å². The van der Waals surface area contributed by atoms with Gasteiger partial charge in [0, 0.05) is 30.1 Å². The number of para-hydroxylation sites is 1. The van der Waals surface area contributed by atoms with Crippen LogP contribution in [-0.4, -0.2) is 38.7 Å². The molecule has 3 N–H and O–H groups in total. The number of carbonyl (C=O) groups is 2. The van der Waals surface area contributed by atoms with Crippen molar-refractivity contribution in [2.45, 2.75) is 39.0 Å². The van der Waals surface area contributed by atoms with Gasteiger partial charge >= 0.3 is 6.03 Å². The van der Waals surface area contributed by atoms with Crippen LogP contribution in [-0.2, 0) is 10.2 Å². The van der Waals surface area contributed by atoms with E-state index in [2.05, 4.69) is 20.9 Å². The molecule has 0 radical (unpaired) electrons. The summed E-state index contributed by atoms with van der Waals surface area (Å²) in [6, 6.07) is 18.8. The lowest BCUT2D eigenvalue weighted by Crippen LogP contribution is -2.22. The van der Waals surface area contributed by atoms with E-state index in [-0.39, 0.29) is 35.3 Å². The molecule has 1 fully saturated rings. The van der Waals surface area contributed by atoms with Crippen molar-refractivity contribution in [1.29, 1.82) is 0 Å². The van der Waals surface area contributed by atoms with Crippen molar-refractivity contribution in [1.82, 2.24) is 19.7 Å². The molecule has 3 amide bonds. The minimum Gasteiger partial charge on any atom is -0.329 e. The Morgan fingerprint density at radius 2 is 1.73 bits per heavy atom. The molecular weight excluding hydrogens is 603 g/mol. The van der Waals surface area contributed by atoms with Crippen molar-refractivity contribution < 1.29 is 14.0 Å². The van der Waals surface area contributed by atoms with Gasteiger partial charge in [-0.25, -0.2) is 23.8 Å². The van der Waals surface area contributed by atoms with Gasteiger partial charge in [0.1, 0.15) is 27.8 Å². The summed E-state index contributed by atoms with van der Waals surface area (Å²) < 4.78 is 16.5. The highest BCUT2D eigenvalue weighted by Gasteiger charge is 2.30. The maximum absolute atomic E-state index is 14.9. The number of anilines is 5. The van der Waals surface area contributed by atoms with Crippen LogP contribution in [0.5, 0.6) is 0 Å². The molecule has 228 valence electrons. The Morgan fingerprint density at radius 3 is 2.43 bits per heavy atom. The van der Waals surface area contributed by atoms with Crippen LogP contribution in [0.15, 0.2) is 66.7 Å². The molecule has 0 spiro atoms. The van der Waals surface area contributed by atoms with Crippen LogP contribution < -0.4 is 20.9 Å². The van der Waals surface area contributed by atoms with E-state index in [9.17, 15) is 14.0 Å². The zero-order chi connectivity index (χ0) is 30.3. The number of nitrogens with zero attached hydrogens (tertiary/aromatic N) is 5. The number of fused-ring (bicyclic) bond motifs is 1. The fourth-order valence-electron chi connectivity index (χ4n) is 4.42. The highest BCUT2D eigenvalue weighted by Crippen LogP contribution is 2.34. The second kappa shape index (κ2) is 12.2. The summed E-state index contributed by atoms with van der Waals surface area (Å²) in [6.45, 7) is 6.12. The minimum atomic E-state index is -0.610. The number of urea groups is 1. The molecule has 0 saturated heterocycles. The van der Waals surface area contributed by atoms with Gasteiger partial charge in [-0.15, -0.1) is 12.4 Å². The second-order valence-electron chi connectivity index (χ2n) is 11.5. The minimum absolute atomic E-state index is 0. The topological polar surface area (TPSA) is 117 Å². The predicted molar refractivity (Wildman–Crippen MR) is 175 cm³/mol. The normalized spacial score (nSPS) is 12.8. The molecule has 10 nitrogen and oxygen atoms in total. The molecule has 0 unspecified atom stereocenters. The Labute approximate surface area is 264 Å². The smallest absolute Gasteiger partial charge is 0.324 e. The number of nitrogens with one attached hydrogen (secondary N) is 3. The van der Waals surface area contributed by atoms with E-state index in [1.807, 2.05) is 63.2 Å². The number of halogens is 2. The monoisotopic (exact) mass is 634 g/mol. The van der Waals surface area contributed by atoms with Crippen LogP contribution >= 0.6 is 23.7 Å². The van der Waals surface area contributed by atoms with Crippen molar-refractivity contribution >= 4 is 74.2 Å². The van der Waals surface area contributed by atoms with Crippen LogP contribution in [0.3, 0.4) is 0 Å². The Hall–Kier alpha value is -4.55. The summed E-state index contributed by atoms with van der Waals surface area (Å²) in [4.78, 5) is 36.8. The molecular formula is C31H32ClFN8O2S. The van der Waals surface area contributed by atoms with Gasteiger partial charge in [0.05, 0.1) is 17.1 Å². The quantitative estimate of drug-likeness (QED) is 0.171. The molecule has 13 heteroatoms. The van der Waals surface area contributed by atoms with E-state index in [1.165, 1.54) is 17.4 Å². The average molecular weight is 635 g/mol. The summed E-state index contributed by atoms with van der Waals surface area (Å²) in [5.74, 6) is 0.542. The maximum Gasteiger partial charge on any atom is 0.324 e.